The first-order valence-electron chi connectivity index (χ1n) is 7.39. The molecule has 0 aromatic carbocycles. The van der Waals surface area contributed by atoms with Crippen molar-refractivity contribution in [1.29, 1.82) is 0 Å². The van der Waals surface area contributed by atoms with Gasteiger partial charge in [-0.1, -0.05) is 27.2 Å². The van der Waals surface area contributed by atoms with E-state index in [1.165, 1.54) is 12.8 Å². The first-order chi connectivity index (χ1) is 7.95. The third-order valence-electron chi connectivity index (χ3n) is 4.12. The molecular formula is C15H31NO. The zero-order valence-electron chi connectivity index (χ0n) is 12.3. The Bertz CT molecular complexity index is 215. The number of nitrogens with zero attached hydrogens (tertiary/aromatic N) is 1. The van der Waals surface area contributed by atoms with Crippen molar-refractivity contribution in [2.24, 2.45) is 11.8 Å². The van der Waals surface area contributed by atoms with E-state index in [9.17, 15) is 5.11 Å². The van der Waals surface area contributed by atoms with Crippen molar-refractivity contribution < 1.29 is 5.11 Å². The predicted molar refractivity (Wildman–Crippen MR) is 74.1 cm³/mol. The van der Waals surface area contributed by atoms with Gasteiger partial charge in [0.25, 0.3) is 0 Å². The summed E-state index contributed by atoms with van der Waals surface area (Å²) < 4.78 is 0. The van der Waals surface area contributed by atoms with Crippen molar-refractivity contribution in [2.75, 3.05) is 6.54 Å². The highest BCUT2D eigenvalue weighted by Crippen LogP contribution is 2.32. The van der Waals surface area contributed by atoms with Crippen LogP contribution in [0.25, 0.3) is 0 Å². The molecule has 0 aliphatic heterocycles. The Labute approximate surface area is 107 Å². The van der Waals surface area contributed by atoms with E-state index in [1.807, 2.05) is 0 Å². The Morgan fingerprint density at radius 1 is 1.18 bits per heavy atom. The summed E-state index contributed by atoms with van der Waals surface area (Å²) in [4.78, 5) is 2.63. The summed E-state index contributed by atoms with van der Waals surface area (Å²) in [6.45, 7) is 12.6. The standard InChI is InChI=1S/C15H31NO/c1-6-13-7-8-14(17)9-15(13)16(12(4)5)10-11(2)3/h11-15,17H,6-10H2,1-5H3. The summed E-state index contributed by atoms with van der Waals surface area (Å²) in [6.07, 6.45) is 4.35. The summed E-state index contributed by atoms with van der Waals surface area (Å²) in [5, 5.41) is 9.93. The highest BCUT2D eigenvalue weighted by molar-refractivity contribution is 4.88. The fourth-order valence-corrected chi connectivity index (χ4v) is 3.22. The second-order valence-electron chi connectivity index (χ2n) is 6.39. The predicted octanol–water partition coefficient (Wildman–Crippen LogP) is 3.29. The molecule has 102 valence electrons. The van der Waals surface area contributed by atoms with Crippen LogP contribution in [0.1, 0.15) is 60.3 Å². The molecule has 0 aromatic rings. The molecular weight excluding hydrogens is 210 g/mol. The molecule has 0 spiro atoms. The monoisotopic (exact) mass is 241 g/mol. The van der Waals surface area contributed by atoms with Crippen molar-refractivity contribution in [3.8, 4) is 0 Å². The van der Waals surface area contributed by atoms with Gasteiger partial charge in [-0.2, -0.15) is 0 Å². The molecule has 0 amide bonds. The normalized spacial score (nSPS) is 30.5. The van der Waals surface area contributed by atoms with Crippen LogP contribution in [0, 0.1) is 11.8 Å². The molecule has 2 heteroatoms. The van der Waals surface area contributed by atoms with Crippen LogP contribution in [-0.4, -0.2) is 34.7 Å². The summed E-state index contributed by atoms with van der Waals surface area (Å²) in [5.41, 5.74) is 0. The average molecular weight is 241 g/mol. The van der Waals surface area contributed by atoms with Crippen LogP contribution in [-0.2, 0) is 0 Å². The summed E-state index contributed by atoms with van der Waals surface area (Å²) in [6, 6.07) is 1.17. The summed E-state index contributed by atoms with van der Waals surface area (Å²) >= 11 is 0. The largest absolute Gasteiger partial charge is 0.393 e. The molecule has 0 bridgehead atoms. The first kappa shape index (κ1) is 15.0. The van der Waals surface area contributed by atoms with Crippen molar-refractivity contribution >= 4 is 0 Å². The van der Waals surface area contributed by atoms with Crippen LogP contribution in [0.5, 0.6) is 0 Å². The van der Waals surface area contributed by atoms with Gasteiger partial charge >= 0.3 is 0 Å². The Kier molecular flexibility index (Phi) is 5.94. The van der Waals surface area contributed by atoms with Crippen molar-refractivity contribution in [1.82, 2.24) is 4.90 Å². The molecule has 3 unspecified atom stereocenters. The second kappa shape index (κ2) is 6.75. The van der Waals surface area contributed by atoms with Crippen LogP contribution in [0.4, 0.5) is 0 Å². The zero-order chi connectivity index (χ0) is 13.0. The lowest BCUT2D eigenvalue weighted by Crippen LogP contribution is -2.50. The lowest BCUT2D eigenvalue weighted by atomic mass is 9.80. The maximum absolute atomic E-state index is 9.93. The fourth-order valence-electron chi connectivity index (χ4n) is 3.22. The third kappa shape index (κ3) is 4.26. The van der Waals surface area contributed by atoms with Gasteiger partial charge in [0, 0.05) is 18.6 Å². The second-order valence-corrected chi connectivity index (χ2v) is 6.39. The van der Waals surface area contributed by atoms with Gasteiger partial charge in [0.1, 0.15) is 0 Å². The lowest BCUT2D eigenvalue weighted by molar-refractivity contribution is 0.00634. The Hall–Kier alpha value is -0.0800. The molecule has 1 aliphatic carbocycles. The quantitative estimate of drug-likeness (QED) is 0.798. The zero-order valence-corrected chi connectivity index (χ0v) is 12.3. The number of rotatable bonds is 5. The average Bonchev–Trinajstić information content (AvgIpc) is 2.25. The molecule has 0 radical (unpaired) electrons. The van der Waals surface area contributed by atoms with Crippen LogP contribution in [0.15, 0.2) is 0 Å². The van der Waals surface area contributed by atoms with E-state index in [0.29, 0.717) is 18.0 Å². The number of aliphatic hydroxyl groups is 1. The fraction of sp³-hybridized carbons (Fsp3) is 1.00. The SMILES string of the molecule is CCC1CCC(O)CC1N(CC(C)C)C(C)C. The molecule has 1 fully saturated rings. The molecule has 2 nitrogen and oxygen atoms in total. The Morgan fingerprint density at radius 3 is 2.29 bits per heavy atom. The van der Waals surface area contributed by atoms with E-state index in [4.69, 9.17) is 0 Å². The van der Waals surface area contributed by atoms with Gasteiger partial charge in [-0.3, -0.25) is 4.90 Å². The van der Waals surface area contributed by atoms with E-state index in [-0.39, 0.29) is 6.10 Å². The third-order valence-corrected chi connectivity index (χ3v) is 4.12. The molecule has 0 saturated heterocycles. The van der Waals surface area contributed by atoms with Gasteiger partial charge in [0.05, 0.1) is 6.10 Å². The maximum Gasteiger partial charge on any atom is 0.0555 e. The van der Waals surface area contributed by atoms with Crippen LogP contribution in [0.3, 0.4) is 0 Å². The van der Waals surface area contributed by atoms with E-state index >= 15 is 0 Å². The number of hydrogen-bond donors (Lipinski definition) is 1. The lowest BCUT2D eigenvalue weighted by Gasteiger charge is -2.44. The Morgan fingerprint density at radius 2 is 1.82 bits per heavy atom. The van der Waals surface area contributed by atoms with E-state index in [2.05, 4.69) is 39.5 Å². The molecule has 0 heterocycles. The molecule has 3 atom stereocenters. The molecule has 1 rings (SSSR count). The highest BCUT2D eigenvalue weighted by atomic mass is 16.3. The minimum Gasteiger partial charge on any atom is -0.393 e. The van der Waals surface area contributed by atoms with Crippen molar-refractivity contribution in [2.45, 2.75) is 78.5 Å². The van der Waals surface area contributed by atoms with E-state index in [0.717, 1.165) is 25.3 Å². The van der Waals surface area contributed by atoms with Gasteiger partial charge in [-0.05, 0) is 44.9 Å². The topological polar surface area (TPSA) is 23.5 Å². The maximum atomic E-state index is 9.93. The van der Waals surface area contributed by atoms with E-state index in [1.54, 1.807) is 0 Å². The molecule has 1 saturated carbocycles. The number of hydrogen-bond acceptors (Lipinski definition) is 2. The smallest absolute Gasteiger partial charge is 0.0555 e. The summed E-state index contributed by atoms with van der Waals surface area (Å²) in [7, 11) is 0. The Balaban J connectivity index is 2.74. The first-order valence-corrected chi connectivity index (χ1v) is 7.39. The molecule has 17 heavy (non-hydrogen) atoms. The molecule has 1 aliphatic rings. The highest BCUT2D eigenvalue weighted by Gasteiger charge is 2.33. The van der Waals surface area contributed by atoms with Gasteiger partial charge in [0.15, 0.2) is 0 Å². The van der Waals surface area contributed by atoms with Gasteiger partial charge < -0.3 is 5.11 Å². The van der Waals surface area contributed by atoms with Crippen LogP contribution in [0.2, 0.25) is 0 Å². The van der Waals surface area contributed by atoms with Crippen LogP contribution >= 0.6 is 0 Å². The van der Waals surface area contributed by atoms with E-state index < -0.39 is 0 Å². The molecule has 1 N–H and O–H groups in total. The molecule has 0 aromatic heterocycles. The number of aliphatic hydroxyl groups excluding tert-OH is 1. The summed E-state index contributed by atoms with van der Waals surface area (Å²) in [5.74, 6) is 1.48. The van der Waals surface area contributed by atoms with Crippen molar-refractivity contribution in [3.05, 3.63) is 0 Å². The van der Waals surface area contributed by atoms with Gasteiger partial charge in [-0.15, -0.1) is 0 Å². The van der Waals surface area contributed by atoms with Gasteiger partial charge in [0.2, 0.25) is 0 Å². The minimum absolute atomic E-state index is 0.0730. The van der Waals surface area contributed by atoms with Gasteiger partial charge in [-0.25, -0.2) is 0 Å². The minimum atomic E-state index is -0.0730. The van der Waals surface area contributed by atoms with Crippen molar-refractivity contribution in [3.63, 3.8) is 0 Å². The van der Waals surface area contributed by atoms with Crippen LogP contribution < -0.4 is 0 Å².